The first-order valence-corrected chi connectivity index (χ1v) is 13.1. The quantitative estimate of drug-likeness (QED) is 0.235. The Balaban J connectivity index is 1.67. The molecule has 0 aliphatic carbocycles. The summed E-state index contributed by atoms with van der Waals surface area (Å²) in [4.78, 5) is 0. The molecule has 0 radical (unpaired) electrons. The Labute approximate surface area is 188 Å². The largest absolute Gasteiger partial charge is 0.494 e. The van der Waals surface area contributed by atoms with Gasteiger partial charge in [0.15, 0.2) is 0 Å². The first-order chi connectivity index (χ1) is 14.7. The first-order valence-electron chi connectivity index (χ1n) is 12.3. The van der Waals surface area contributed by atoms with Gasteiger partial charge >= 0.3 is 0 Å². The lowest BCUT2D eigenvalue weighted by Crippen LogP contribution is -1.97. The highest BCUT2D eigenvalue weighted by Gasteiger charge is 2.13. The Bertz CT molecular complexity index is 668. The van der Waals surface area contributed by atoms with Crippen LogP contribution in [-0.2, 0) is 0 Å². The Morgan fingerprint density at radius 1 is 0.767 bits per heavy atom. The van der Waals surface area contributed by atoms with Gasteiger partial charge in [0.1, 0.15) is 15.8 Å². The second-order valence-corrected chi connectivity index (χ2v) is 9.55. The highest BCUT2D eigenvalue weighted by atomic mass is 32.1. The van der Waals surface area contributed by atoms with E-state index in [9.17, 15) is 0 Å². The third-order valence-electron chi connectivity index (χ3n) is 5.72. The summed E-state index contributed by atoms with van der Waals surface area (Å²) in [5.74, 6) is 1.46. The van der Waals surface area contributed by atoms with E-state index in [0.29, 0.717) is 5.92 Å². The smallest absolute Gasteiger partial charge is 0.147 e. The fourth-order valence-electron chi connectivity index (χ4n) is 3.67. The van der Waals surface area contributed by atoms with Gasteiger partial charge in [-0.05, 0) is 37.1 Å². The van der Waals surface area contributed by atoms with Crippen molar-refractivity contribution in [1.29, 1.82) is 0 Å². The van der Waals surface area contributed by atoms with Gasteiger partial charge in [-0.3, -0.25) is 0 Å². The van der Waals surface area contributed by atoms with Crippen LogP contribution in [0.1, 0.15) is 115 Å². The maximum atomic E-state index is 5.92. The number of rotatable bonds is 17. The summed E-state index contributed by atoms with van der Waals surface area (Å²) in [6.45, 7) is 7.62. The molecule has 2 rings (SSSR count). The van der Waals surface area contributed by atoms with E-state index in [1.165, 1.54) is 77.0 Å². The van der Waals surface area contributed by atoms with Crippen LogP contribution in [-0.4, -0.2) is 16.8 Å². The Morgan fingerprint density at radius 2 is 1.37 bits per heavy atom. The van der Waals surface area contributed by atoms with Gasteiger partial charge in [0.05, 0.1) is 6.61 Å². The van der Waals surface area contributed by atoms with E-state index >= 15 is 0 Å². The standard InChI is InChI=1S/C26H42N2OS/c1-4-6-8-10-11-12-13-15-21-29-24-19-17-23(18-20-24)26-28-27-25(30-26)22(3)16-14-9-7-5-2/h17-20,22H,4-16,21H2,1-3H3/t22-/m0/s1. The summed E-state index contributed by atoms with van der Waals surface area (Å²) in [5, 5.41) is 11.1. The minimum Gasteiger partial charge on any atom is -0.494 e. The molecule has 0 spiro atoms. The average molecular weight is 431 g/mol. The monoisotopic (exact) mass is 430 g/mol. The van der Waals surface area contributed by atoms with Crippen molar-refractivity contribution >= 4 is 11.3 Å². The zero-order valence-corrected chi connectivity index (χ0v) is 20.3. The normalized spacial score (nSPS) is 12.2. The maximum absolute atomic E-state index is 5.92. The van der Waals surface area contributed by atoms with E-state index < -0.39 is 0 Å². The molecule has 4 heteroatoms. The molecule has 1 heterocycles. The first kappa shape index (κ1) is 24.8. The van der Waals surface area contributed by atoms with Crippen LogP contribution in [0, 0.1) is 0 Å². The number of aromatic nitrogens is 2. The van der Waals surface area contributed by atoms with Gasteiger partial charge in [-0.25, -0.2) is 0 Å². The summed E-state index contributed by atoms with van der Waals surface area (Å²) in [6, 6.07) is 8.35. The molecule has 30 heavy (non-hydrogen) atoms. The minimum atomic E-state index is 0.502. The summed E-state index contributed by atoms with van der Waals surface area (Å²) in [7, 11) is 0. The van der Waals surface area contributed by atoms with Crippen molar-refractivity contribution in [2.24, 2.45) is 0 Å². The predicted molar refractivity (Wildman–Crippen MR) is 131 cm³/mol. The van der Waals surface area contributed by atoms with Crippen LogP contribution < -0.4 is 4.74 Å². The van der Waals surface area contributed by atoms with E-state index in [1.807, 2.05) is 0 Å². The van der Waals surface area contributed by atoms with Gasteiger partial charge in [0.25, 0.3) is 0 Å². The third kappa shape index (κ3) is 9.59. The van der Waals surface area contributed by atoms with Gasteiger partial charge < -0.3 is 4.74 Å². The summed E-state index contributed by atoms with van der Waals surface area (Å²) in [5.41, 5.74) is 1.14. The van der Waals surface area contributed by atoms with Crippen LogP contribution in [0.2, 0.25) is 0 Å². The molecule has 3 nitrogen and oxygen atoms in total. The van der Waals surface area contributed by atoms with Crippen LogP contribution in [0.15, 0.2) is 24.3 Å². The molecule has 0 amide bonds. The van der Waals surface area contributed by atoms with Crippen LogP contribution in [0.3, 0.4) is 0 Å². The van der Waals surface area contributed by atoms with Crippen LogP contribution in [0.25, 0.3) is 10.6 Å². The molecule has 1 aromatic heterocycles. The SMILES string of the molecule is CCCCCCCCCCOc1ccc(-c2nnc([C@@H](C)CCCCCC)s2)cc1. The molecule has 2 aromatic rings. The molecular formula is C26H42N2OS. The Morgan fingerprint density at radius 3 is 2.03 bits per heavy atom. The minimum absolute atomic E-state index is 0.502. The second kappa shape index (κ2) is 15.4. The molecule has 1 aromatic carbocycles. The topological polar surface area (TPSA) is 35.0 Å². The number of hydrogen-bond acceptors (Lipinski definition) is 4. The van der Waals surface area contributed by atoms with E-state index in [-0.39, 0.29) is 0 Å². The fourth-order valence-corrected chi connectivity index (χ4v) is 4.61. The highest BCUT2D eigenvalue weighted by molar-refractivity contribution is 7.14. The zero-order chi connectivity index (χ0) is 21.4. The van der Waals surface area contributed by atoms with Crippen molar-refractivity contribution in [2.45, 2.75) is 110 Å². The summed E-state index contributed by atoms with van der Waals surface area (Å²) >= 11 is 1.73. The third-order valence-corrected chi connectivity index (χ3v) is 6.92. The zero-order valence-electron chi connectivity index (χ0n) is 19.5. The van der Waals surface area contributed by atoms with E-state index in [1.54, 1.807) is 11.3 Å². The molecular weight excluding hydrogens is 388 g/mol. The van der Waals surface area contributed by atoms with Gasteiger partial charge in [-0.2, -0.15) is 0 Å². The number of benzene rings is 1. The molecule has 0 N–H and O–H groups in total. The predicted octanol–water partition coefficient (Wildman–Crippen LogP) is 8.80. The highest BCUT2D eigenvalue weighted by Crippen LogP contribution is 2.31. The summed E-state index contributed by atoms with van der Waals surface area (Å²) < 4.78 is 5.92. The van der Waals surface area contributed by atoms with Crippen LogP contribution >= 0.6 is 11.3 Å². The van der Waals surface area contributed by atoms with Crippen LogP contribution in [0.4, 0.5) is 0 Å². The molecule has 0 unspecified atom stereocenters. The fraction of sp³-hybridized carbons (Fsp3) is 0.692. The number of unbranched alkanes of at least 4 members (excludes halogenated alkanes) is 10. The van der Waals surface area contributed by atoms with E-state index in [2.05, 4.69) is 55.2 Å². The molecule has 0 fully saturated rings. The van der Waals surface area contributed by atoms with Gasteiger partial charge in [0, 0.05) is 11.5 Å². The lowest BCUT2D eigenvalue weighted by atomic mass is 10.0. The van der Waals surface area contributed by atoms with E-state index in [0.717, 1.165) is 34.4 Å². The second-order valence-electron chi connectivity index (χ2n) is 8.54. The number of nitrogens with zero attached hydrogens (tertiary/aromatic N) is 2. The van der Waals surface area contributed by atoms with Crippen molar-refractivity contribution in [2.75, 3.05) is 6.61 Å². The van der Waals surface area contributed by atoms with E-state index in [4.69, 9.17) is 4.74 Å². The molecule has 0 bridgehead atoms. The lowest BCUT2D eigenvalue weighted by molar-refractivity contribution is 0.304. The maximum Gasteiger partial charge on any atom is 0.147 e. The molecule has 0 saturated heterocycles. The molecule has 0 aliphatic rings. The van der Waals surface area contributed by atoms with Crippen molar-refractivity contribution in [3.63, 3.8) is 0 Å². The van der Waals surface area contributed by atoms with Gasteiger partial charge in [-0.1, -0.05) is 103 Å². The van der Waals surface area contributed by atoms with Crippen molar-refractivity contribution < 1.29 is 4.74 Å². The lowest BCUT2D eigenvalue weighted by Gasteiger charge is -2.07. The molecule has 0 aliphatic heterocycles. The van der Waals surface area contributed by atoms with Crippen molar-refractivity contribution in [1.82, 2.24) is 10.2 Å². The van der Waals surface area contributed by atoms with Crippen molar-refractivity contribution in [3.8, 4) is 16.3 Å². The number of hydrogen-bond donors (Lipinski definition) is 0. The van der Waals surface area contributed by atoms with Gasteiger partial charge in [0.2, 0.25) is 0 Å². The number of ether oxygens (including phenoxy) is 1. The average Bonchev–Trinajstić information content (AvgIpc) is 3.26. The Kier molecular flexibility index (Phi) is 12.7. The Hall–Kier alpha value is -1.42. The molecule has 168 valence electrons. The van der Waals surface area contributed by atoms with Gasteiger partial charge in [-0.15, -0.1) is 10.2 Å². The van der Waals surface area contributed by atoms with Crippen LogP contribution in [0.5, 0.6) is 5.75 Å². The summed E-state index contributed by atoms with van der Waals surface area (Å²) in [6.07, 6.45) is 17.1. The molecule has 1 atom stereocenters. The van der Waals surface area contributed by atoms with Crippen molar-refractivity contribution in [3.05, 3.63) is 29.3 Å². The molecule has 0 saturated carbocycles.